The summed E-state index contributed by atoms with van der Waals surface area (Å²) in [5, 5.41) is 5.74. The molecule has 2 amide bonds. The van der Waals surface area contributed by atoms with Crippen LogP contribution in [-0.4, -0.2) is 25.0 Å². The Hall–Kier alpha value is -2.82. The first-order valence-corrected chi connectivity index (χ1v) is 10.1. The molecule has 0 aromatic heterocycles. The minimum absolute atomic E-state index is 0.0221. The zero-order valence-corrected chi connectivity index (χ0v) is 16.4. The summed E-state index contributed by atoms with van der Waals surface area (Å²) in [5.41, 5.74) is 3.00. The van der Waals surface area contributed by atoms with Gasteiger partial charge in [0, 0.05) is 5.56 Å². The van der Waals surface area contributed by atoms with E-state index in [9.17, 15) is 9.59 Å². The number of benzene rings is 2. The quantitative estimate of drug-likeness (QED) is 0.685. The monoisotopic (exact) mass is 380 g/mol. The Morgan fingerprint density at radius 1 is 1.11 bits per heavy atom. The lowest BCUT2D eigenvalue weighted by Gasteiger charge is -2.26. The van der Waals surface area contributed by atoms with Crippen molar-refractivity contribution in [3.63, 3.8) is 0 Å². The second-order valence-corrected chi connectivity index (χ2v) is 7.12. The molecule has 2 aromatic rings. The number of carbonyl (C=O) groups excluding carboxylic acids is 2. The molecule has 5 heteroatoms. The molecule has 0 aliphatic heterocycles. The van der Waals surface area contributed by atoms with Crippen LogP contribution in [0, 0.1) is 0 Å². The number of fused-ring (bicyclic) bond motifs is 1. The van der Waals surface area contributed by atoms with Crippen LogP contribution >= 0.6 is 0 Å². The van der Waals surface area contributed by atoms with Gasteiger partial charge in [0.25, 0.3) is 5.91 Å². The largest absolute Gasteiger partial charge is 0.494 e. The summed E-state index contributed by atoms with van der Waals surface area (Å²) in [4.78, 5) is 24.6. The van der Waals surface area contributed by atoms with Crippen molar-refractivity contribution in [2.45, 2.75) is 45.1 Å². The van der Waals surface area contributed by atoms with E-state index in [0.29, 0.717) is 12.2 Å². The molecule has 5 nitrogen and oxygen atoms in total. The van der Waals surface area contributed by atoms with E-state index in [2.05, 4.69) is 29.7 Å². The number of aryl methyl sites for hydroxylation is 1. The van der Waals surface area contributed by atoms with E-state index in [1.807, 2.05) is 12.1 Å². The van der Waals surface area contributed by atoms with Gasteiger partial charge in [-0.3, -0.25) is 9.59 Å². The van der Waals surface area contributed by atoms with Crippen molar-refractivity contribution in [2.75, 3.05) is 13.2 Å². The van der Waals surface area contributed by atoms with Crippen molar-refractivity contribution in [2.24, 2.45) is 0 Å². The fraction of sp³-hybridized carbons (Fsp3) is 0.391. The third-order valence-corrected chi connectivity index (χ3v) is 5.00. The molecule has 0 heterocycles. The van der Waals surface area contributed by atoms with Gasteiger partial charge in [0.1, 0.15) is 5.75 Å². The van der Waals surface area contributed by atoms with E-state index < -0.39 is 0 Å². The first kappa shape index (κ1) is 19.9. The zero-order valence-electron chi connectivity index (χ0n) is 16.4. The first-order valence-electron chi connectivity index (χ1n) is 10.1. The van der Waals surface area contributed by atoms with Crippen molar-refractivity contribution in [3.05, 3.63) is 65.2 Å². The van der Waals surface area contributed by atoms with Gasteiger partial charge >= 0.3 is 0 Å². The van der Waals surface area contributed by atoms with Crippen molar-refractivity contribution in [3.8, 4) is 5.75 Å². The minimum atomic E-state index is -0.265. The second-order valence-electron chi connectivity index (χ2n) is 7.12. The zero-order chi connectivity index (χ0) is 19.8. The Labute approximate surface area is 166 Å². The van der Waals surface area contributed by atoms with E-state index in [4.69, 9.17) is 4.74 Å². The van der Waals surface area contributed by atoms with Crippen LogP contribution in [0.3, 0.4) is 0 Å². The summed E-state index contributed by atoms with van der Waals surface area (Å²) in [7, 11) is 0. The molecule has 0 radical (unpaired) electrons. The summed E-state index contributed by atoms with van der Waals surface area (Å²) >= 11 is 0. The topological polar surface area (TPSA) is 67.4 Å². The predicted octanol–water partition coefficient (Wildman–Crippen LogP) is 3.79. The molecule has 2 aromatic carbocycles. The minimum Gasteiger partial charge on any atom is -0.494 e. The highest BCUT2D eigenvalue weighted by Crippen LogP contribution is 2.29. The second kappa shape index (κ2) is 9.93. The first-order chi connectivity index (χ1) is 13.7. The fourth-order valence-electron chi connectivity index (χ4n) is 3.45. The number of hydrogen-bond donors (Lipinski definition) is 2. The lowest BCUT2D eigenvalue weighted by Crippen LogP contribution is -2.39. The van der Waals surface area contributed by atoms with Gasteiger partial charge in [-0.05, 0) is 61.1 Å². The van der Waals surface area contributed by atoms with Crippen LogP contribution < -0.4 is 15.4 Å². The maximum Gasteiger partial charge on any atom is 0.251 e. The van der Waals surface area contributed by atoms with Crippen molar-refractivity contribution in [1.82, 2.24) is 10.6 Å². The summed E-state index contributed by atoms with van der Waals surface area (Å²) < 4.78 is 5.60. The van der Waals surface area contributed by atoms with Crippen molar-refractivity contribution in [1.29, 1.82) is 0 Å². The Bertz CT molecular complexity index is 802. The average molecular weight is 380 g/mol. The molecule has 0 bridgehead atoms. The lowest BCUT2D eigenvalue weighted by atomic mass is 9.88. The normalized spacial score (nSPS) is 15.4. The number of hydrogen-bond acceptors (Lipinski definition) is 3. The summed E-state index contributed by atoms with van der Waals surface area (Å²) in [6, 6.07) is 15.2. The molecule has 0 spiro atoms. The summed E-state index contributed by atoms with van der Waals surface area (Å²) in [6.45, 7) is 2.75. The highest BCUT2D eigenvalue weighted by Gasteiger charge is 2.21. The third kappa shape index (κ3) is 5.35. The van der Waals surface area contributed by atoms with E-state index >= 15 is 0 Å². The van der Waals surface area contributed by atoms with Gasteiger partial charge < -0.3 is 15.4 Å². The molecular formula is C23H28N2O3. The third-order valence-electron chi connectivity index (χ3n) is 5.00. The van der Waals surface area contributed by atoms with Gasteiger partial charge in [-0.15, -0.1) is 0 Å². The van der Waals surface area contributed by atoms with Gasteiger partial charge in [-0.25, -0.2) is 0 Å². The van der Waals surface area contributed by atoms with Crippen LogP contribution in [0.1, 0.15) is 60.1 Å². The van der Waals surface area contributed by atoms with Crippen molar-refractivity contribution < 1.29 is 14.3 Å². The van der Waals surface area contributed by atoms with Crippen LogP contribution in [0.5, 0.6) is 5.75 Å². The summed E-state index contributed by atoms with van der Waals surface area (Å²) in [6.07, 6.45) is 5.12. The SMILES string of the molecule is CCCCOc1ccc(C(=O)NCC(=O)N[C@H]2CCCc3ccccc32)cc1. The predicted molar refractivity (Wildman–Crippen MR) is 109 cm³/mol. The van der Waals surface area contributed by atoms with E-state index in [1.165, 1.54) is 11.1 Å². The molecule has 0 fully saturated rings. The lowest BCUT2D eigenvalue weighted by molar-refractivity contribution is -0.121. The highest BCUT2D eigenvalue weighted by molar-refractivity contribution is 5.96. The van der Waals surface area contributed by atoms with Crippen LogP contribution in [0.4, 0.5) is 0 Å². The van der Waals surface area contributed by atoms with Crippen LogP contribution in [0.15, 0.2) is 48.5 Å². The maximum atomic E-state index is 12.3. The Balaban J connectivity index is 1.47. The molecule has 1 aliphatic rings. The average Bonchev–Trinajstić information content (AvgIpc) is 2.73. The van der Waals surface area contributed by atoms with Crippen LogP contribution in [-0.2, 0) is 11.2 Å². The van der Waals surface area contributed by atoms with Gasteiger partial charge in [0.05, 0.1) is 19.2 Å². The molecule has 0 unspecified atom stereocenters. The molecule has 1 aliphatic carbocycles. The van der Waals surface area contributed by atoms with E-state index in [-0.39, 0.29) is 24.4 Å². The number of unbranched alkanes of at least 4 members (excludes halogenated alkanes) is 1. The number of carbonyl (C=O) groups is 2. The van der Waals surface area contributed by atoms with E-state index in [1.54, 1.807) is 24.3 Å². The Morgan fingerprint density at radius 3 is 2.68 bits per heavy atom. The van der Waals surface area contributed by atoms with Gasteiger partial charge in [-0.2, -0.15) is 0 Å². The maximum absolute atomic E-state index is 12.3. The van der Waals surface area contributed by atoms with Crippen molar-refractivity contribution >= 4 is 11.8 Å². The molecule has 0 saturated heterocycles. The van der Waals surface area contributed by atoms with E-state index in [0.717, 1.165) is 37.9 Å². The van der Waals surface area contributed by atoms with Crippen LogP contribution in [0.25, 0.3) is 0 Å². The standard InChI is InChI=1S/C23H28N2O3/c1-2-3-15-28-19-13-11-18(12-14-19)23(27)24-16-22(26)25-21-10-6-8-17-7-4-5-9-20(17)21/h4-5,7,9,11-14,21H,2-3,6,8,10,15-16H2,1H3,(H,24,27)(H,25,26)/t21-/m0/s1. The smallest absolute Gasteiger partial charge is 0.251 e. The Morgan fingerprint density at radius 2 is 1.89 bits per heavy atom. The Kier molecular flexibility index (Phi) is 7.06. The molecule has 2 N–H and O–H groups in total. The highest BCUT2D eigenvalue weighted by atomic mass is 16.5. The number of amides is 2. The molecule has 1 atom stereocenters. The van der Waals surface area contributed by atoms with Gasteiger partial charge in [-0.1, -0.05) is 37.6 Å². The number of nitrogens with one attached hydrogen (secondary N) is 2. The molecular weight excluding hydrogens is 352 g/mol. The molecule has 0 saturated carbocycles. The van der Waals surface area contributed by atoms with Gasteiger partial charge in [0.15, 0.2) is 0 Å². The number of ether oxygens (including phenoxy) is 1. The number of rotatable bonds is 8. The fourth-order valence-corrected chi connectivity index (χ4v) is 3.45. The summed E-state index contributed by atoms with van der Waals surface area (Å²) in [5.74, 6) is 0.313. The molecule has 148 valence electrons. The molecule has 3 rings (SSSR count). The van der Waals surface area contributed by atoms with Gasteiger partial charge in [0.2, 0.25) is 5.91 Å². The molecule has 28 heavy (non-hydrogen) atoms. The van der Waals surface area contributed by atoms with Crippen LogP contribution in [0.2, 0.25) is 0 Å².